The summed E-state index contributed by atoms with van der Waals surface area (Å²) in [6, 6.07) is 12.6. The highest BCUT2D eigenvalue weighted by Gasteiger charge is 2.26. The molecule has 1 amide bonds. The third-order valence-corrected chi connectivity index (χ3v) is 3.88. The van der Waals surface area contributed by atoms with E-state index in [1.165, 1.54) is 23.1 Å². The van der Waals surface area contributed by atoms with Crippen molar-refractivity contribution in [3.05, 3.63) is 64.4 Å². The molecular formula is C18H17BrFNO4. The summed E-state index contributed by atoms with van der Waals surface area (Å²) in [4.78, 5) is 25.8. The van der Waals surface area contributed by atoms with Crippen molar-refractivity contribution < 1.29 is 23.5 Å². The van der Waals surface area contributed by atoms with E-state index < -0.39 is 24.5 Å². The first-order chi connectivity index (χ1) is 11.9. The topological polar surface area (TPSA) is 55.8 Å². The molecule has 2 aromatic carbocycles. The van der Waals surface area contributed by atoms with Crippen molar-refractivity contribution in [2.24, 2.45) is 0 Å². The van der Waals surface area contributed by atoms with Gasteiger partial charge in [-0.1, -0.05) is 30.3 Å². The monoisotopic (exact) mass is 409 g/mol. The molecule has 7 heteroatoms. The van der Waals surface area contributed by atoms with Crippen LogP contribution >= 0.6 is 15.9 Å². The van der Waals surface area contributed by atoms with Crippen molar-refractivity contribution in [1.82, 2.24) is 4.90 Å². The van der Waals surface area contributed by atoms with E-state index in [2.05, 4.69) is 15.9 Å². The van der Waals surface area contributed by atoms with Gasteiger partial charge in [-0.25, -0.2) is 9.18 Å². The van der Waals surface area contributed by atoms with E-state index in [1.807, 2.05) is 0 Å². The van der Waals surface area contributed by atoms with Crippen molar-refractivity contribution in [2.45, 2.75) is 6.10 Å². The highest BCUT2D eigenvalue weighted by molar-refractivity contribution is 9.10. The van der Waals surface area contributed by atoms with Crippen LogP contribution in [0, 0.1) is 5.82 Å². The van der Waals surface area contributed by atoms with Crippen molar-refractivity contribution in [2.75, 3.05) is 20.7 Å². The van der Waals surface area contributed by atoms with Crippen LogP contribution < -0.4 is 4.74 Å². The van der Waals surface area contributed by atoms with Gasteiger partial charge in [-0.2, -0.15) is 0 Å². The molecule has 1 atom stereocenters. The van der Waals surface area contributed by atoms with Crippen LogP contribution in [0.1, 0.15) is 11.7 Å². The smallest absolute Gasteiger partial charge is 0.345 e. The number of amides is 1. The number of hydrogen-bond donors (Lipinski definition) is 0. The minimum atomic E-state index is -1.05. The van der Waals surface area contributed by atoms with Crippen LogP contribution in [0.3, 0.4) is 0 Å². The zero-order chi connectivity index (χ0) is 18.4. The second kappa shape index (κ2) is 8.62. The molecule has 0 N–H and O–H groups in total. The first-order valence-electron chi connectivity index (χ1n) is 7.42. The number of hydrogen-bond acceptors (Lipinski definition) is 4. The number of ether oxygens (including phenoxy) is 2. The Balaban J connectivity index is 2.05. The van der Waals surface area contributed by atoms with E-state index >= 15 is 0 Å². The van der Waals surface area contributed by atoms with Gasteiger partial charge in [0.1, 0.15) is 11.6 Å². The summed E-state index contributed by atoms with van der Waals surface area (Å²) in [6.07, 6.45) is -1.05. The lowest BCUT2D eigenvalue weighted by atomic mass is 10.1. The maximum absolute atomic E-state index is 13.1. The summed E-state index contributed by atoms with van der Waals surface area (Å²) in [5.41, 5.74) is 0.567. The van der Waals surface area contributed by atoms with E-state index in [0.29, 0.717) is 15.8 Å². The van der Waals surface area contributed by atoms with Crippen LogP contribution in [-0.4, -0.2) is 37.5 Å². The fourth-order valence-electron chi connectivity index (χ4n) is 2.02. The first kappa shape index (κ1) is 18.9. The van der Waals surface area contributed by atoms with Gasteiger partial charge in [0.15, 0.2) is 6.61 Å². The summed E-state index contributed by atoms with van der Waals surface area (Å²) >= 11 is 3.15. The molecule has 25 heavy (non-hydrogen) atoms. The molecule has 2 aromatic rings. The van der Waals surface area contributed by atoms with Crippen LogP contribution in [-0.2, 0) is 14.3 Å². The quantitative estimate of drug-likeness (QED) is 0.686. The molecule has 1 unspecified atom stereocenters. The predicted octanol–water partition coefficient (Wildman–Crippen LogP) is 3.34. The number of benzene rings is 2. The number of carbonyl (C=O) groups excluding carboxylic acids is 2. The van der Waals surface area contributed by atoms with Gasteiger partial charge in [-0.05, 0) is 34.1 Å². The standard InChI is InChI=1S/C18H17BrFNO4/c1-21(2)18(23)17(12-6-4-3-5-7-12)25-16(22)11-24-15-9-8-13(20)10-14(15)19/h3-10,17H,11H2,1-2H3. The Labute approximate surface area is 153 Å². The van der Waals surface area contributed by atoms with Crippen LogP contribution in [0.15, 0.2) is 53.0 Å². The lowest BCUT2D eigenvalue weighted by Gasteiger charge is -2.21. The number of esters is 1. The van der Waals surface area contributed by atoms with Gasteiger partial charge in [-0.15, -0.1) is 0 Å². The van der Waals surface area contributed by atoms with Gasteiger partial charge in [0.05, 0.1) is 4.47 Å². The molecular weight excluding hydrogens is 393 g/mol. The van der Waals surface area contributed by atoms with Gasteiger partial charge >= 0.3 is 5.97 Å². The highest BCUT2D eigenvalue weighted by atomic mass is 79.9. The van der Waals surface area contributed by atoms with Crippen LogP contribution in [0.4, 0.5) is 4.39 Å². The number of likely N-dealkylation sites (N-methyl/N-ethyl adjacent to an activating group) is 1. The molecule has 0 heterocycles. The Bertz CT molecular complexity index is 752. The minimum absolute atomic E-state index is 0.300. The molecule has 0 saturated heterocycles. The largest absolute Gasteiger partial charge is 0.481 e. The minimum Gasteiger partial charge on any atom is -0.481 e. The summed E-state index contributed by atoms with van der Waals surface area (Å²) in [5.74, 6) is -1.20. The molecule has 0 spiro atoms. The fourth-order valence-corrected chi connectivity index (χ4v) is 2.48. The predicted molar refractivity (Wildman–Crippen MR) is 93.6 cm³/mol. The number of carbonyl (C=O) groups is 2. The molecule has 0 aliphatic heterocycles. The van der Waals surface area contributed by atoms with Crippen molar-refractivity contribution >= 4 is 27.8 Å². The van der Waals surface area contributed by atoms with Gasteiger partial charge in [0.2, 0.25) is 6.10 Å². The Kier molecular flexibility index (Phi) is 6.52. The van der Waals surface area contributed by atoms with Crippen molar-refractivity contribution in [3.63, 3.8) is 0 Å². The number of halogens is 2. The summed E-state index contributed by atoms with van der Waals surface area (Å²) in [7, 11) is 3.16. The lowest BCUT2D eigenvalue weighted by molar-refractivity contribution is -0.161. The van der Waals surface area contributed by atoms with E-state index in [1.54, 1.807) is 44.4 Å². The second-order valence-corrected chi connectivity index (χ2v) is 6.23. The molecule has 0 aliphatic carbocycles. The summed E-state index contributed by atoms with van der Waals surface area (Å²) in [5, 5.41) is 0. The zero-order valence-electron chi connectivity index (χ0n) is 13.7. The van der Waals surface area contributed by atoms with Crippen molar-refractivity contribution in [1.29, 1.82) is 0 Å². The van der Waals surface area contributed by atoms with Gasteiger partial charge in [0.25, 0.3) is 5.91 Å². The zero-order valence-corrected chi connectivity index (χ0v) is 15.3. The van der Waals surface area contributed by atoms with Gasteiger partial charge in [0, 0.05) is 19.7 Å². The lowest BCUT2D eigenvalue weighted by Crippen LogP contribution is -2.32. The molecule has 132 valence electrons. The third kappa shape index (κ3) is 5.29. The average molecular weight is 410 g/mol. The molecule has 0 saturated carbocycles. The third-order valence-electron chi connectivity index (χ3n) is 3.26. The van der Waals surface area contributed by atoms with Crippen LogP contribution in [0.2, 0.25) is 0 Å². The SMILES string of the molecule is CN(C)C(=O)C(OC(=O)COc1ccc(F)cc1Br)c1ccccc1. The van der Waals surface area contributed by atoms with Crippen LogP contribution in [0.25, 0.3) is 0 Å². The highest BCUT2D eigenvalue weighted by Crippen LogP contribution is 2.26. The number of nitrogens with zero attached hydrogens (tertiary/aromatic N) is 1. The summed E-state index contributed by atoms with van der Waals surface area (Å²) < 4.78 is 24.0. The van der Waals surface area contributed by atoms with Gasteiger partial charge in [-0.3, -0.25) is 4.79 Å². The average Bonchev–Trinajstić information content (AvgIpc) is 2.59. The molecule has 0 bridgehead atoms. The molecule has 0 fully saturated rings. The van der Waals surface area contributed by atoms with E-state index in [0.717, 1.165) is 0 Å². The van der Waals surface area contributed by atoms with Crippen molar-refractivity contribution in [3.8, 4) is 5.75 Å². The maximum Gasteiger partial charge on any atom is 0.345 e. The normalized spacial score (nSPS) is 11.5. The summed E-state index contributed by atoms with van der Waals surface area (Å²) in [6.45, 7) is -0.408. The second-order valence-electron chi connectivity index (χ2n) is 5.38. The molecule has 0 aromatic heterocycles. The molecule has 0 radical (unpaired) electrons. The Morgan fingerprint density at radius 1 is 1.16 bits per heavy atom. The van der Waals surface area contributed by atoms with E-state index in [-0.39, 0.29) is 5.91 Å². The first-order valence-corrected chi connectivity index (χ1v) is 8.21. The van der Waals surface area contributed by atoms with E-state index in [4.69, 9.17) is 9.47 Å². The Morgan fingerprint density at radius 3 is 2.44 bits per heavy atom. The molecule has 0 aliphatic rings. The molecule has 5 nitrogen and oxygen atoms in total. The maximum atomic E-state index is 13.1. The number of rotatable bonds is 6. The molecule has 2 rings (SSSR count). The fraction of sp³-hybridized carbons (Fsp3) is 0.222. The Hall–Kier alpha value is -2.41. The van der Waals surface area contributed by atoms with E-state index in [9.17, 15) is 14.0 Å². The Morgan fingerprint density at radius 2 is 1.84 bits per heavy atom. The van der Waals surface area contributed by atoms with Gasteiger partial charge < -0.3 is 14.4 Å². The van der Waals surface area contributed by atoms with Crippen LogP contribution in [0.5, 0.6) is 5.75 Å².